The molecule has 0 aromatic carbocycles. The van der Waals surface area contributed by atoms with E-state index >= 15 is 0 Å². The zero-order valence-corrected chi connectivity index (χ0v) is 9.25. The van der Waals surface area contributed by atoms with Crippen molar-refractivity contribution in [2.75, 3.05) is 20.6 Å². The van der Waals surface area contributed by atoms with Crippen LogP contribution in [-0.4, -0.2) is 30.8 Å². The lowest BCUT2D eigenvalue weighted by Crippen LogP contribution is -2.12. The van der Waals surface area contributed by atoms with Crippen molar-refractivity contribution in [3.05, 3.63) is 0 Å². The predicted molar refractivity (Wildman–Crippen MR) is 55.1 cm³/mol. The van der Waals surface area contributed by atoms with Crippen molar-refractivity contribution in [1.82, 2.24) is 4.90 Å². The molecule has 0 radical (unpaired) electrons. The SMILES string of the molecule is CN(C)CCCCCC(=O)Cl.Cl. The van der Waals surface area contributed by atoms with Gasteiger partial charge in [0, 0.05) is 6.42 Å². The lowest BCUT2D eigenvalue weighted by molar-refractivity contribution is -0.111. The Hall–Kier alpha value is 0.210. The summed E-state index contributed by atoms with van der Waals surface area (Å²) in [6.45, 7) is 1.09. The highest BCUT2D eigenvalue weighted by Gasteiger charge is 1.95. The first kappa shape index (κ1) is 14.7. The van der Waals surface area contributed by atoms with Gasteiger partial charge in [-0.2, -0.15) is 0 Å². The first-order chi connectivity index (χ1) is 5.13. The number of carbonyl (C=O) groups is 1. The second kappa shape index (κ2) is 9.30. The van der Waals surface area contributed by atoms with E-state index in [4.69, 9.17) is 11.6 Å². The molecule has 0 unspecified atom stereocenters. The van der Waals surface area contributed by atoms with E-state index in [-0.39, 0.29) is 17.6 Å². The number of carbonyl (C=O) groups excluding carboxylic acids is 1. The molecule has 0 aromatic heterocycles. The van der Waals surface area contributed by atoms with Gasteiger partial charge in [0.1, 0.15) is 0 Å². The molecule has 0 spiro atoms. The standard InChI is InChI=1S/C8H16ClNO.ClH/c1-10(2)7-5-3-4-6-8(9)11;/h3-7H2,1-2H3;1H. The molecule has 0 bridgehead atoms. The number of halogens is 2. The van der Waals surface area contributed by atoms with Gasteiger partial charge in [-0.1, -0.05) is 6.42 Å². The maximum absolute atomic E-state index is 10.3. The maximum Gasteiger partial charge on any atom is 0.221 e. The molecule has 12 heavy (non-hydrogen) atoms. The summed E-state index contributed by atoms with van der Waals surface area (Å²) in [4.78, 5) is 12.4. The smallest absolute Gasteiger partial charge is 0.221 e. The van der Waals surface area contributed by atoms with E-state index in [0.717, 1.165) is 25.8 Å². The number of hydrogen-bond acceptors (Lipinski definition) is 2. The quantitative estimate of drug-likeness (QED) is 0.499. The minimum Gasteiger partial charge on any atom is -0.309 e. The third-order valence-corrected chi connectivity index (χ3v) is 1.67. The highest BCUT2D eigenvalue weighted by molar-refractivity contribution is 6.63. The van der Waals surface area contributed by atoms with Crippen LogP contribution >= 0.6 is 24.0 Å². The second-order valence-electron chi connectivity index (χ2n) is 2.97. The summed E-state index contributed by atoms with van der Waals surface area (Å²) >= 11 is 5.17. The van der Waals surface area contributed by atoms with Crippen LogP contribution in [0.3, 0.4) is 0 Å². The fraction of sp³-hybridized carbons (Fsp3) is 0.875. The van der Waals surface area contributed by atoms with E-state index in [9.17, 15) is 4.79 Å². The van der Waals surface area contributed by atoms with Gasteiger partial charge in [-0.05, 0) is 45.1 Å². The van der Waals surface area contributed by atoms with Gasteiger partial charge in [0.05, 0.1) is 0 Å². The summed E-state index contributed by atoms with van der Waals surface area (Å²) in [7, 11) is 4.10. The molecule has 0 fully saturated rings. The average Bonchev–Trinajstić information content (AvgIpc) is 1.85. The molecule has 0 amide bonds. The summed E-state index contributed by atoms with van der Waals surface area (Å²) in [5.74, 6) is 0. The van der Waals surface area contributed by atoms with Gasteiger partial charge in [-0.3, -0.25) is 4.79 Å². The van der Waals surface area contributed by atoms with Crippen molar-refractivity contribution in [2.24, 2.45) is 0 Å². The first-order valence-corrected chi connectivity index (χ1v) is 4.34. The topological polar surface area (TPSA) is 20.3 Å². The third kappa shape index (κ3) is 12.8. The van der Waals surface area contributed by atoms with E-state index in [0.29, 0.717) is 6.42 Å². The average molecular weight is 214 g/mol. The predicted octanol–water partition coefficient (Wildman–Crippen LogP) is 2.30. The lowest BCUT2D eigenvalue weighted by Gasteiger charge is -2.07. The number of hydrogen-bond donors (Lipinski definition) is 0. The summed E-state index contributed by atoms with van der Waals surface area (Å²) < 4.78 is 0. The molecular formula is C8H17Cl2NO. The molecule has 0 N–H and O–H groups in total. The van der Waals surface area contributed by atoms with Gasteiger partial charge < -0.3 is 4.90 Å². The molecule has 0 aromatic rings. The maximum atomic E-state index is 10.3. The van der Waals surface area contributed by atoms with E-state index in [1.54, 1.807) is 0 Å². The molecule has 0 rings (SSSR count). The second-order valence-corrected chi connectivity index (χ2v) is 3.39. The number of unbranched alkanes of at least 4 members (excludes halogenated alkanes) is 2. The molecule has 0 saturated heterocycles. The Kier molecular flexibility index (Phi) is 11.4. The molecule has 0 heterocycles. The van der Waals surface area contributed by atoms with Crippen LogP contribution in [0, 0.1) is 0 Å². The Bertz CT molecular complexity index is 118. The van der Waals surface area contributed by atoms with Gasteiger partial charge in [0.25, 0.3) is 0 Å². The Morgan fingerprint density at radius 2 is 1.83 bits per heavy atom. The van der Waals surface area contributed by atoms with E-state index in [1.807, 2.05) is 14.1 Å². The molecule has 0 aliphatic carbocycles. The normalized spacial score (nSPS) is 9.67. The molecule has 0 aliphatic rings. The molecular weight excluding hydrogens is 197 g/mol. The van der Waals surface area contributed by atoms with Crippen LogP contribution in [0.25, 0.3) is 0 Å². The zero-order chi connectivity index (χ0) is 8.69. The van der Waals surface area contributed by atoms with Crippen molar-refractivity contribution in [1.29, 1.82) is 0 Å². The summed E-state index contributed by atoms with van der Waals surface area (Å²) in [5, 5.41) is -0.213. The third-order valence-electron chi connectivity index (χ3n) is 1.48. The molecule has 0 atom stereocenters. The molecule has 0 saturated carbocycles. The highest BCUT2D eigenvalue weighted by atomic mass is 35.5. The van der Waals surface area contributed by atoms with Gasteiger partial charge in [-0.25, -0.2) is 0 Å². The summed E-state index contributed by atoms with van der Waals surface area (Å²) in [5.41, 5.74) is 0. The van der Waals surface area contributed by atoms with Crippen molar-refractivity contribution < 1.29 is 4.79 Å². The Balaban J connectivity index is 0. The minimum atomic E-state index is -0.213. The first-order valence-electron chi connectivity index (χ1n) is 3.96. The van der Waals surface area contributed by atoms with Crippen LogP contribution in [0.2, 0.25) is 0 Å². The van der Waals surface area contributed by atoms with Crippen molar-refractivity contribution in [3.8, 4) is 0 Å². The summed E-state index contributed by atoms with van der Waals surface area (Å²) in [6.07, 6.45) is 3.69. The van der Waals surface area contributed by atoms with Crippen LogP contribution in [0.15, 0.2) is 0 Å². The van der Waals surface area contributed by atoms with Gasteiger partial charge in [-0.15, -0.1) is 12.4 Å². The van der Waals surface area contributed by atoms with Crippen LogP contribution in [0.5, 0.6) is 0 Å². The lowest BCUT2D eigenvalue weighted by atomic mass is 10.2. The molecule has 74 valence electrons. The Morgan fingerprint density at radius 3 is 2.25 bits per heavy atom. The van der Waals surface area contributed by atoms with E-state index < -0.39 is 0 Å². The number of rotatable bonds is 6. The molecule has 0 aliphatic heterocycles. The van der Waals surface area contributed by atoms with Crippen LogP contribution in [0.1, 0.15) is 25.7 Å². The summed E-state index contributed by atoms with van der Waals surface area (Å²) in [6, 6.07) is 0. The van der Waals surface area contributed by atoms with Gasteiger partial charge in [0.15, 0.2) is 0 Å². The fourth-order valence-corrected chi connectivity index (χ4v) is 1.00. The Labute approximate surface area is 85.7 Å². The van der Waals surface area contributed by atoms with Gasteiger partial charge in [0.2, 0.25) is 5.24 Å². The highest BCUT2D eigenvalue weighted by Crippen LogP contribution is 2.02. The Morgan fingerprint density at radius 1 is 1.25 bits per heavy atom. The minimum absolute atomic E-state index is 0. The molecule has 2 nitrogen and oxygen atoms in total. The van der Waals surface area contributed by atoms with E-state index in [2.05, 4.69) is 4.90 Å². The zero-order valence-electron chi connectivity index (χ0n) is 7.68. The van der Waals surface area contributed by atoms with Crippen LogP contribution < -0.4 is 0 Å². The van der Waals surface area contributed by atoms with Crippen molar-refractivity contribution >= 4 is 29.3 Å². The number of nitrogens with zero attached hydrogens (tertiary/aromatic N) is 1. The fourth-order valence-electron chi connectivity index (χ4n) is 0.869. The largest absolute Gasteiger partial charge is 0.309 e. The van der Waals surface area contributed by atoms with Gasteiger partial charge >= 0.3 is 0 Å². The van der Waals surface area contributed by atoms with Crippen LogP contribution in [-0.2, 0) is 4.79 Å². The monoisotopic (exact) mass is 213 g/mol. The van der Waals surface area contributed by atoms with Crippen molar-refractivity contribution in [3.63, 3.8) is 0 Å². The van der Waals surface area contributed by atoms with Crippen molar-refractivity contribution in [2.45, 2.75) is 25.7 Å². The molecule has 4 heteroatoms. The van der Waals surface area contributed by atoms with Crippen LogP contribution in [0.4, 0.5) is 0 Å². The van der Waals surface area contributed by atoms with E-state index in [1.165, 1.54) is 0 Å².